The Labute approximate surface area is 124 Å². The zero-order chi connectivity index (χ0) is 14.8. The number of benzene rings is 1. The third kappa shape index (κ3) is 2.77. The Bertz CT molecular complexity index is 679. The van der Waals surface area contributed by atoms with Crippen LogP contribution in [0.5, 0.6) is 0 Å². The van der Waals surface area contributed by atoms with Crippen molar-refractivity contribution in [3.8, 4) is 0 Å². The van der Waals surface area contributed by atoms with Gasteiger partial charge in [0.1, 0.15) is 11.5 Å². The topological polar surface area (TPSA) is 40.6 Å². The van der Waals surface area contributed by atoms with Gasteiger partial charge in [0.05, 0.1) is 23.8 Å². The summed E-state index contributed by atoms with van der Waals surface area (Å²) in [4.78, 5) is 4.72. The van der Waals surface area contributed by atoms with Crippen LogP contribution in [0.4, 0.5) is 0 Å². The summed E-state index contributed by atoms with van der Waals surface area (Å²) in [7, 11) is 1.66. The van der Waals surface area contributed by atoms with E-state index in [1.54, 1.807) is 7.11 Å². The SMILES string of the molecule is COC/C=C1/OC(OC(C)C)c2cc3ccccc3nc21. The number of nitrogens with zero attached hydrogens (tertiary/aromatic N) is 1. The van der Waals surface area contributed by atoms with Crippen molar-refractivity contribution in [2.45, 2.75) is 26.2 Å². The number of methoxy groups -OCH3 is 1. The molecule has 1 unspecified atom stereocenters. The summed E-state index contributed by atoms with van der Waals surface area (Å²) in [6.45, 7) is 4.47. The van der Waals surface area contributed by atoms with Gasteiger partial charge >= 0.3 is 0 Å². The summed E-state index contributed by atoms with van der Waals surface area (Å²) < 4.78 is 16.9. The van der Waals surface area contributed by atoms with Crippen molar-refractivity contribution < 1.29 is 14.2 Å². The average molecular weight is 285 g/mol. The molecule has 4 heteroatoms. The maximum atomic E-state index is 5.91. The van der Waals surface area contributed by atoms with Crippen molar-refractivity contribution in [3.05, 3.63) is 47.7 Å². The molecule has 0 N–H and O–H groups in total. The lowest BCUT2D eigenvalue weighted by molar-refractivity contribution is -0.118. The zero-order valence-electron chi connectivity index (χ0n) is 12.5. The number of rotatable bonds is 4. The standard InChI is InChI=1S/C17H19NO3/c1-11(2)20-17-13-10-12-6-4-5-7-14(12)18-16(13)15(21-17)8-9-19-3/h4-8,10-11,17H,9H2,1-3H3/b15-8+. The Balaban J connectivity index is 2.09. The Morgan fingerprint density at radius 2 is 2.14 bits per heavy atom. The highest BCUT2D eigenvalue weighted by molar-refractivity contribution is 5.82. The third-order valence-electron chi connectivity index (χ3n) is 3.31. The molecule has 0 radical (unpaired) electrons. The second-order valence-electron chi connectivity index (χ2n) is 5.28. The van der Waals surface area contributed by atoms with Crippen LogP contribution < -0.4 is 0 Å². The molecule has 2 heterocycles. The number of hydrogen-bond acceptors (Lipinski definition) is 4. The third-order valence-corrected chi connectivity index (χ3v) is 3.31. The lowest BCUT2D eigenvalue weighted by Gasteiger charge is -2.15. The summed E-state index contributed by atoms with van der Waals surface area (Å²) in [5.41, 5.74) is 2.77. The molecule has 0 saturated heterocycles. The molecule has 0 aliphatic carbocycles. The average Bonchev–Trinajstić information content (AvgIpc) is 2.79. The van der Waals surface area contributed by atoms with Crippen LogP contribution in [0.1, 0.15) is 31.4 Å². The van der Waals surface area contributed by atoms with Crippen molar-refractivity contribution in [2.24, 2.45) is 0 Å². The van der Waals surface area contributed by atoms with Gasteiger partial charge in [0.25, 0.3) is 0 Å². The van der Waals surface area contributed by atoms with Crippen molar-refractivity contribution in [3.63, 3.8) is 0 Å². The molecule has 1 aliphatic rings. The first-order valence-electron chi connectivity index (χ1n) is 7.10. The first-order chi connectivity index (χ1) is 10.2. The highest BCUT2D eigenvalue weighted by Gasteiger charge is 2.31. The van der Waals surface area contributed by atoms with E-state index in [0.29, 0.717) is 6.61 Å². The minimum Gasteiger partial charge on any atom is -0.458 e. The smallest absolute Gasteiger partial charge is 0.229 e. The summed E-state index contributed by atoms with van der Waals surface area (Å²) in [6.07, 6.45) is 1.57. The maximum absolute atomic E-state index is 5.91. The van der Waals surface area contributed by atoms with E-state index in [1.807, 2.05) is 44.2 Å². The molecule has 4 nitrogen and oxygen atoms in total. The van der Waals surface area contributed by atoms with Crippen LogP contribution in [-0.2, 0) is 14.2 Å². The zero-order valence-corrected chi connectivity index (χ0v) is 12.5. The molecule has 1 aromatic carbocycles. The second kappa shape index (κ2) is 5.84. The summed E-state index contributed by atoms with van der Waals surface area (Å²) in [5.74, 6) is 0.725. The molecule has 1 aliphatic heterocycles. The van der Waals surface area contributed by atoms with Crippen LogP contribution in [-0.4, -0.2) is 24.8 Å². The quantitative estimate of drug-likeness (QED) is 0.859. The van der Waals surface area contributed by atoms with Crippen molar-refractivity contribution in [1.29, 1.82) is 0 Å². The van der Waals surface area contributed by atoms with Gasteiger partial charge < -0.3 is 14.2 Å². The van der Waals surface area contributed by atoms with Gasteiger partial charge in [-0.1, -0.05) is 18.2 Å². The van der Waals surface area contributed by atoms with Gasteiger partial charge in [0.2, 0.25) is 6.29 Å². The molecule has 0 bridgehead atoms. The van der Waals surface area contributed by atoms with Gasteiger partial charge in [-0.05, 0) is 32.1 Å². The molecule has 1 aromatic heterocycles. The van der Waals surface area contributed by atoms with Crippen LogP contribution in [0.25, 0.3) is 16.7 Å². The van der Waals surface area contributed by atoms with Crippen LogP contribution in [0.2, 0.25) is 0 Å². The second-order valence-corrected chi connectivity index (χ2v) is 5.28. The van der Waals surface area contributed by atoms with E-state index in [2.05, 4.69) is 6.07 Å². The van der Waals surface area contributed by atoms with E-state index in [0.717, 1.165) is 27.9 Å². The van der Waals surface area contributed by atoms with E-state index in [9.17, 15) is 0 Å². The van der Waals surface area contributed by atoms with Crippen LogP contribution in [0.15, 0.2) is 36.4 Å². The number of pyridine rings is 1. The highest BCUT2D eigenvalue weighted by Crippen LogP contribution is 2.39. The predicted octanol–water partition coefficient (Wildman–Crippen LogP) is 3.68. The molecular formula is C17H19NO3. The normalized spacial score (nSPS) is 19.2. The van der Waals surface area contributed by atoms with Gasteiger partial charge in [-0.25, -0.2) is 4.98 Å². The number of hydrogen-bond donors (Lipinski definition) is 0. The summed E-state index contributed by atoms with van der Waals surface area (Å²) in [6, 6.07) is 10.1. The fourth-order valence-corrected chi connectivity index (χ4v) is 2.40. The first-order valence-corrected chi connectivity index (χ1v) is 7.10. The summed E-state index contributed by atoms with van der Waals surface area (Å²) >= 11 is 0. The van der Waals surface area contributed by atoms with Crippen LogP contribution >= 0.6 is 0 Å². The van der Waals surface area contributed by atoms with Gasteiger partial charge in [0.15, 0.2) is 0 Å². The molecule has 0 saturated carbocycles. The number of para-hydroxylation sites is 1. The fourth-order valence-electron chi connectivity index (χ4n) is 2.40. The molecule has 1 atom stereocenters. The Morgan fingerprint density at radius 3 is 2.90 bits per heavy atom. The largest absolute Gasteiger partial charge is 0.458 e. The lowest BCUT2D eigenvalue weighted by Crippen LogP contribution is -2.09. The van der Waals surface area contributed by atoms with Crippen molar-refractivity contribution in [2.75, 3.05) is 13.7 Å². The Kier molecular flexibility index (Phi) is 3.90. The number of aromatic nitrogens is 1. The lowest BCUT2D eigenvalue weighted by atomic mass is 10.1. The first kappa shape index (κ1) is 14.0. The molecule has 0 fully saturated rings. The molecule has 3 rings (SSSR count). The van der Waals surface area contributed by atoms with E-state index in [1.165, 1.54) is 0 Å². The van der Waals surface area contributed by atoms with Crippen LogP contribution in [0, 0.1) is 0 Å². The minimum atomic E-state index is -0.403. The van der Waals surface area contributed by atoms with E-state index in [4.69, 9.17) is 19.2 Å². The molecule has 21 heavy (non-hydrogen) atoms. The van der Waals surface area contributed by atoms with E-state index >= 15 is 0 Å². The van der Waals surface area contributed by atoms with Gasteiger partial charge in [-0.3, -0.25) is 0 Å². The maximum Gasteiger partial charge on any atom is 0.229 e. The predicted molar refractivity (Wildman–Crippen MR) is 81.6 cm³/mol. The number of fused-ring (bicyclic) bond motifs is 2. The van der Waals surface area contributed by atoms with Gasteiger partial charge in [-0.15, -0.1) is 0 Å². The van der Waals surface area contributed by atoms with Gasteiger partial charge in [-0.2, -0.15) is 0 Å². The van der Waals surface area contributed by atoms with Gasteiger partial charge in [0, 0.05) is 12.5 Å². The highest BCUT2D eigenvalue weighted by atomic mass is 16.7. The Morgan fingerprint density at radius 1 is 1.33 bits per heavy atom. The molecule has 110 valence electrons. The monoisotopic (exact) mass is 285 g/mol. The van der Waals surface area contributed by atoms with E-state index in [-0.39, 0.29) is 6.10 Å². The van der Waals surface area contributed by atoms with Crippen molar-refractivity contribution in [1.82, 2.24) is 4.98 Å². The molecular weight excluding hydrogens is 266 g/mol. The molecule has 2 aromatic rings. The van der Waals surface area contributed by atoms with E-state index < -0.39 is 6.29 Å². The number of ether oxygens (including phenoxy) is 3. The van der Waals surface area contributed by atoms with Crippen LogP contribution in [0.3, 0.4) is 0 Å². The molecule has 0 spiro atoms. The van der Waals surface area contributed by atoms with Crippen molar-refractivity contribution >= 4 is 16.7 Å². The minimum absolute atomic E-state index is 0.0797. The summed E-state index contributed by atoms with van der Waals surface area (Å²) in [5, 5.41) is 1.09. The Hall–Kier alpha value is -1.91. The molecule has 0 amide bonds. The fraction of sp³-hybridized carbons (Fsp3) is 0.353.